The molecule has 0 aromatic heterocycles. The van der Waals surface area contributed by atoms with Gasteiger partial charge >= 0.3 is 5.97 Å². The van der Waals surface area contributed by atoms with E-state index in [2.05, 4.69) is 12.1 Å². The number of likely N-dealkylation sites (tertiary alicyclic amines) is 1. The Morgan fingerprint density at radius 3 is 2.76 bits per heavy atom. The van der Waals surface area contributed by atoms with E-state index < -0.39 is 11.4 Å². The first kappa shape index (κ1) is 19.5. The molecule has 0 radical (unpaired) electrons. The van der Waals surface area contributed by atoms with Crippen molar-refractivity contribution in [3.05, 3.63) is 65.7 Å². The van der Waals surface area contributed by atoms with Crippen LogP contribution in [0.15, 0.2) is 54.6 Å². The zero-order valence-electron chi connectivity index (χ0n) is 16.3. The predicted octanol–water partition coefficient (Wildman–Crippen LogP) is 2.87. The Morgan fingerprint density at radius 2 is 2.00 bits per heavy atom. The minimum absolute atomic E-state index is 0.0667. The molecular weight excluding hydrogens is 370 g/mol. The number of carboxylic acid groups (broad SMARTS) is 1. The second-order valence-electron chi connectivity index (χ2n) is 7.80. The highest BCUT2D eigenvalue weighted by atomic mass is 16.5. The monoisotopic (exact) mass is 395 g/mol. The van der Waals surface area contributed by atoms with Crippen molar-refractivity contribution >= 4 is 11.9 Å². The number of aliphatic carboxylic acids is 1. The lowest BCUT2D eigenvalue weighted by Crippen LogP contribution is -2.46. The van der Waals surface area contributed by atoms with E-state index in [1.807, 2.05) is 24.3 Å². The maximum absolute atomic E-state index is 13.0. The van der Waals surface area contributed by atoms with Gasteiger partial charge in [-0.05, 0) is 36.1 Å². The van der Waals surface area contributed by atoms with Crippen molar-refractivity contribution in [2.45, 2.75) is 12.8 Å². The lowest BCUT2D eigenvalue weighted by Gasteiger charge is -2.33. The second kappa shape index (κ2) is 8.25. The number of fused-ring (bicyclic) bond motifs is 1. The zero-order chi connectivity index (χ0) is 20.3. The van der Waals surface area contributed by atoms with Crippen molar-refractivity contribution in [3.63, 3.8) is 0 Å². The molecule has 29 heavy (non-hydrogen) atoms. The molecule has 2 aliphatic rings. The average molecular weight is 395 g/mol. The molecule has 2 heterocycles. The van der Waals surface area contributed by atoms with E-state index in [0.29, 0.717) is 37.5 Å². The molecule has 2 aliphatic heterocycles. The van der Waals surface area contributed by atoms with Crippen LogP contribution in [0.5, 0.6) is 5.75 Å². The van der Waals surface area contributed by atoms with E-state index in [9.17, 15) is 14.7 Å². The molecule has 1 N–H and O–H groups in total. The molecule has 0 aliphatic carbocycles. The van der Waals surface area contributed by atoms with Crippen molar-refractivity contribution in [2.24, 2.45) is 11.3 Å². The van der Waals surface area contributed by atoms with Gasteiger partial charge in [-0.25, -0.2) is 0 Å². The first-order valence-electron chi connectivity index (χ1n) is 9.96. The summed E-state index contributed by atoms with van der Waals surface area (Å²) in [5.41, 5.74) is 0.723. The quantitative estimate of drug-likeness (QED) is 0.814. The number of hydrogen-bond acceptors (Lipinski definition) is 4. The summed E-state index contributed by atoms with van der Waals surface area (Å²) in [7, 11) is 0. The molecule has 2 atom stereocenters. The minimum atomic E-state index is -0.988. The third kappa shape index (κ3) is 3.98. The van der Waals surface area contributed by atoms with Crippen molar-refractivity contribution in [2.75, 3.05) is 32.9 Å². The summed E-state index contributed by atoms with van der Waals surface area (Å²) >= 11 is 0. The van der Waals surface area contributed by atoms with Gasteiger partial charge in [0.05, 0.1) is 13.2 Å². The Morgan fingerprint density at radius 1 is 1.17 bits per heavy atom. The molecule has 0 bridgehead atoms. The van der Waals surface area contributed by atoms with Crippen molar-refractivity contribution in [1.29, 1.82) is 0 Å². The van der Waals surface area contributed by atoms with Crippen LogP contribution in [0.1, 0.15) is 22.3 Å². The first-order chi connectivity index (χ1) is 14.1. The summed E-state index contributed by atoms with van der Waals surface area (Å²) in [6, 6.07) is 17.2. The number of hydrogen-bond donors (Lipinski definition) is 1. The predicted molar refractivity (Wildman–Crippen MR) is 107 cm³/mol. The number of amides is 1. The molecule has 1 amide bonds. The molecule has 2 saturated heterocycles. The Kier molecular flexibility index (Phi) is 5.53. The van der Waals surface area contributed by atoms with Crippen LogP contribution in [-0.2, 0) is 16.0 Å². The van der Waals surface area contributed by atoms with E-state index in [0.717, 1.165) is 6.42 Å². The summed E-state index contributed by atoms with van der Waals surface area (Å²) in [6.07, 6.45) is 1.45. The van der Waals surface area contributed by atoms with Crippen LogP contribution in [0.2, 0.25) is 0 Å². The molecular formula is C23H25NO5. The molecule has 6 nitrogen and oxygen atoms in total. The van der Waals surface area contributed by atoms with Crippen LogP contribution < -0.4 is 4.74 Å². The number of benzene rings is 2. The number of ether oxygens (including phenoxy) is 2. The molecule has 0 saturated carbocycles. The molecule has 0 spiro atoms. The number of rotatable bonds is 6. The van der Waals surface area contributed by atoms with E-state index in [4.69, 9.17) is 9.47 Å². The summed E-state index contributed by atoms with van der Waals surface area (Å²) in [4.78, 5) is 26.6. The van der Waals surface area contributed by atoms with Crippen LogP contribution in [0, 0.1) is 11.3 Å². The Bertz CT molecular complexity index is 884. The fourth-order valence-corrected chi connectivity index (χ4v) is 4.28. The minimum Gasteiger partial charge on any atom is -0.493 e. The van der Waals surface area contributed by atoms with Gasteiger partial charge in [-0.15, -0.1) is 0 Å². The Labute approximate surface area is 170 Å². The van der Waals surface area contributed by atoms with Gasteiger partial charge in [-0.3, -0.25) is 9.59 Å². The van der Waals surface area contributed by atoms with Gasteiger partial charge < -0.3 is 19.5 Å². The van der Waals surface area contributed by atoms with Crippen molar-refractivity contribution in [1.82, 2.24) is 4.90 Å². The van der Waals surface area contributed by atoms with Crippen LogP contribution in [-0.4, -0.2) is 54.8 Å². The highest BCUT2D eigenvalue weighted by Gasteiger charge is 2.55. The zero-order valence-corrected chi connectivity index (χ0v) is 16.3. The molecule has 2 aromatic carbocycles. The second-order valence-corrected chi connectivity index (χ2v) is 7.80. The molecule has 2 fully saturated rings. The lowest BCUT2D eigenvalue weighted by atomic mass is 9.76. The molecule has 4 rings (SSSR count). The van der Waals surface area contributed by atoms with Gasteiger partial charge in [0.1, 0.15) is 11.2 Å². The number of carbonyl (C=O) groups excluding carboxylic acids is 1. The topological polar surface area (TPSA) is 76.1 Å². The van der Waals surface area contributed by atoms with Gasteiger partial charge in [-0.1, -0.05) is 36.4 Å². The lowest BCUT2D eigenvalue weighted by molar-refractivity contribution is -0.159. The SMILES string of the molecule is O=C(c1cccc(OCCc2ccccc2)c1)N1C[C@@H]2CCOC[C@]2(C(=O)O)C1. The first-order valence-corrected chi connectivity index (χ1v) is 9.96. The maximum Gasteiger partial charge on any atom is 0.314 e. The normalized spacial score (nSPS) is 23.4. The average Bonchev–Trinajstić information content (AvgIpc) is 3.15. The van der Waals surface area contributed by atoms with Gasteiger partial charge in [0.2, 0.25) is 0 Å². The van der Waals surface area contributed by atoms with Crippen LogP contribution in [0.4, 0.5) is 0 Å². The number of carbonyl (C=O) groups is 2. The van der Waals surface area contributed by atoms with Gasteiger partial charge in [-0.2, -0.15) is 0 Å². The fraction of sp³-hybridized carbons (Fsp3) is 0.391. The van der Waals surface area contributed by atoms with Gasteiger partial charge in [0.15, 0.2) is 0 Å². The summed E-state index contributed by atoms with van der Waals surface area (Å²) < 4.78 is 11.3. The van der Waals surface area contributed by atoms with E-state index in [1.165, 1.54) is 5.56 Å². The third-order valence-electron chi connectivity index (χ3n) is 5.96. The van der Waals surface area contributed by atoms with Crippen molar-refractivity contribution in [3.8, 4) is 5.75 Å². The molecule has 6 heteroatoms. The smallest absolute Gasteiger partial charge is 0.314 e. The summed E-state index contributed by atoms with van der Waals surface area (Å²) in [5.74, 6) is -0.466. The van der Waals surface area contributed by atoms with E-state index in [1.54, 1.807) is 23.1 Å². The summed E-state index contributed by atoms with van der Waals surface area (Å²) in [6.45, 7) is 1.87. The highest BCUT2D eigenvalue weighted by Crippen LogP contribution is 2.42. The number of nitrogens with zero attached hydrogens (tertiary/aromatic N) is 1. The van der Waals surface area contributed by atoms with Gasteiger partial charge in [0.25, 0.3) is 5.91 Å². The Hall–Kier alpha value is -2.86. The summed E-state index contributed by atoms with van der Waals surface area (Å²) in [5, 5.41) is 9.77. The molecule has 0 unspecified atom stereocenters. The maximum atomic E-state index is 13.0. The fourth-order valence-electron chi connectivity index (χ4n) is 4.28. The third-order valence-corrected chi connectivity index (χ3v) is 5.96. The van der Waals surface area contributed by atoms with Crippen LogP contribution in [0.25, 0.3) is 0 Å². The van der Waals surface area contributed by atoms with Crippen LogP contribution in [0.3, 0.4) is 0 Å². The largest absolute Gasteiger partial charge is 0.493 e. The van der Waals surface area contributed by atoms with Gasteiger partial charge in [0, 0.05) is 31.7 Å². The highest BCUT2D eigenvalue weighted by molar-refractivity contribution is 5.95. The standard InChI is InChI=1S/C23H25NO5/c25-21(24-14-19-10-11-28-16-23(19,15-24)22(26)27)18-7-4-8-20(13-18)29-12-9-17-5-2-1-3-6-17/h1-8,13,19H,9-12,14-16H2,(H,26,27)/t19-,23+/m0/s1. The Balaban J connectivity index is 1.41. The van der Waals surface area contributed by atoms with Crippen LogP contribution >= 0.6 is 0 Å². The molecule has 152 valence electrons. The van der Waals surface area contributed by atoms with E-state index in [-0.39, 0.29) is 25.0 Å². The number of carboxylic acids is 1. The van der Waals surface area contributed by atoms with E-state index >= 15 is 0 Å². The van der Waals surface area contributed by atoms with Crippen molar-refractivity contribution < 1.29 is 24.2 Å². The molecule has 2 aromatic rings.